The van der Waals surface area contributed by atoms with Gasteiger partial charge in [-0.25, -0.2) is 4.39 Å². The first-order chi connectivity index (χ1) is 13.8. The number of pyridine rings is 1. The lowest BCUT2D eigenvalue weighted by Gasteiger charge is -2.38. The van der Waals surface area contributed by atoms with E-state index in [1.807, 2.05) is 0 Å². The number of halogens is 4. The second-order valence-electron chi connectivity index (χ2n) is 8.32. The van der Waals surface area contributed by atoms with Crippen LogP contribution in [-0.4, -0.2) is 34.0 Å². The second kappa shape index (κ2) is 7.58. The molecule has 0 saturated heterocycles. The first-order valence-electron chi connectivity index (χ1n) is 9.42. The van der Waals surface area contributed by atoms with Gasteiger partial charge in [-0.15, -0.1) is 0 Å². The van der Waals surface area contributed by atoms with E-state index in [0.717, 1.165) is 11.8 Å². The lowest BCUT2D eigenvalue weighted by Crippen LogP contribution is -2.51. The van der Waals surface area contributed by atoms with Crippen molar-refractivity contribution in [3.8, 4) is 5.75 Å². The van der Waals surface area contributed by atoms with Gasteiger partial charge in [0.05, 0.1) is 18.8 Å². The molecule has 0 radical (unpaired) electrons. The van der Waals surface area contributed by atoms with E-state index in [2.05, 4.69) is 9.97 Å². The lowest BCUT2D eigenvalue weighted by molar-refractivity contribution is -0.266. The van der Waals surface area contributed by atoms with E-state index in [4.69, 9.17) is 4.74 Å². The summed E-state index contributed by atoms with van der Waals surface area (Å²) in [5.74, 6) is -0.328. The molecule has 0 spiro atoms. The number of ether oxygens (including phenoxy) is 1. The first kappa shape index (κ1) is 22.1. The summed E-state index contributed by atoms with van der Waals surface area (Å²) in [4.78, 5) is 7.03. The molecule has 1 unspecified atom stereocenters. The fraction of sp³-hybridized carbons (Fsp3) is 0.409. The number of fused-ring (bicyclic) bond motifs is 1. The Morgan fingerprint density at radius 3 is 2.47 bits per heavy atom. The van der Waals surface area contributed by atoms with Crippen molar-refractivity contribution in [1.29, 1.82) is 0 Å². The normalized spacial score (nSPS) is 14.7. The zero-order chi connectivity index (χ0) is 22.3. The fourth-order valence-corrected chi connectivity index (χ4v) is 3.91. The van der Waals surface area contributed by atoms with Gasteiger partial charge in [0.2, 0.25) is 0 Å². The van der Waals surface area contributed by atoms with E-state index in [9.17, 15) is 22.7 Å². The molecule has 0 aliphatic rings. The monoisotopic (exact) mass is 424 g/mol. The Morgan fingerprint density at radius 1 is 1.13 bits per heavy atom. The van der Waals surface area contributed by atoms with Gasteiger partial charge in [-0.05, 0) is 49.1 Å². The maximum atomic E-state index is 14.0. The molecule has 0 bridgehead atoms. The predicted molar refractivity (Wildman–Crippen MR) is 106 cm³/mol. The van der Waals surface area contributed by atoms with Crippen LogP contribution in [0.4, 0.5) is 17.6 Å². The van der Waals surface area contributed by atoms with E-state index in [0.29, 0.717) is 10.9 Å². The van der Waals surface area contributed by atoms with Crippen LogP contribution in [-0.2, 0) is 11.8 Å². The highest BCUT2D eigenvalue weighted by atomic mass is 19.4. The maximum absolute atomic E-state index is 14.0. The van der Waals surface area contributed by atoms with Crippen molar-refractivity contribution in [2.75, 3.05) is 7.11 Å². The van der Waals surface area contributed by atoms with E-state index in [1.54, 1.807) is 25.3 Å². The van der Waals surface area contributed by atoms with E-state index in [1.165, 1.54) is 33.1 Å². The Morgan fingerprint density at radius 2 is 1.83 bits per heavy atom. The molecule has 0 aliphatic heterocycles. The summed E-state index contributed by atoms with van der Waals surface area (Å²) < 4.78 is 61.1. The van der Waals surface area contributed by atoms with Gasteiger partial charge in [0.25, 0.3) is 0 Å². The molecule has 3 rings (SSSR count). The fourth-order valence-electron chi connectivity index (χ4n) is 3.91. The van der Waals surface area contributed by atoms with Crippen molar-refractivity contribution in [1.82, 2.24) is 9.97 Å². The van der Waals surface area contributed by atoms with Crippen molar-refractivity contribution < 1.29 is 27.4 Å². The van der Waals surface area contributed by atoms with E-state index < -0.39 is 35.9 Å². The number of aryl methyl sites for hydroxylation is 1. The van der Waals surface area contributed by atoms with Crippen LogP contribution in [0.5, 0.6) is 5.75 Å². The standard InChI is InChI=1S/C22H24F4N2O2/c1-13-7-14-8-16(28-18(14)11-27-13)10-21(29,22(24,25)26)12-20(2,3)17-9-15(23)5-6-19(17)30-4/h5-9,11,28-29H,10,12H2,1-4H3. The highest BCUT2D eigenvalue weighted by Gasteiger charge is 2.56. The van der Waals surface area contributed by atoms with Crippen LogP contribution in [0.3, 0.4) is 0 Å². The number of aromatic amines is 1. The Bertz CT molecular complexity index is 1060. The van der Waals surface area contributed by atoms with Gasteiger partial charge in [0, 0.05) is 28.8 Å². The third kappa shape index (κ3) is 4.28. The summed E-state index contributed by atoms with van der Waals surface area (Å²) >= 11 is 0. The summed E-state index contributed by atoms with van der Waals surface area (Å²) in [7, 11) is 1.36. The maximum Gasteiger partial charge on any atom is 0.417 e. The largest absolute Gasteiger partial charge is 0.496 e. The molecule has 3 aromatic rings. The zero-order valence-corrected chi connectivity index (χ0v) is 17.2. The number of H-pyrrole nitrogens is 1. The minimum Gasteiger partial charge on any atom is -0.496 e. The van der Waals surface area contributed by atoms with Crippen molar-refractivity contribution in [2.45, 2.75) is 50.8 Å². The van der Waals surface area contributed by atoms with Crippen LogP contribution in [0.15, 0.2) is 36.5 Å². The van der Waals surface area contributed by atoms with Gasteiger partial charge in [0.1, 0.15) is 11.6 Å². The van der Waals surface area contributed by atoms with Crippen molar-refractivity contribution in [3.63, 3.8) is 0 Å². The van der Waals surface area contributed by atoms with Crippen LogP contribution < -0.4 is 4.74 Å². The molecule has 1 atom stereocenters. The average Bonchev–Trinajstić information content (AvgIpc) is 3.01. The second-order valence-corrected chi connectivity index (χ2v) is 8.32. The van der Waals surface area contributed by atoms with Crippen LogP contribution in [0, 0.1) is 12.7 Å². The van der Waals surface area contributed by atoms with Crippen LogP contribution in [0.1, 0.15) is 37.2 Å². The summed E-state index contributed by atoms with van der Waals surface area (Å²) in [6.45, 7) is 4.84. The number of methoxy groups -OCH3 is 1. The van der Waals surface area contributed by atoms with Crippen LogP contribution >= 0.6 is 0 Å². The Labute approximate surface area is 171 Å². The number of nitrogens with zero attached hydrogens (tertiary/aromatic N) is 1. The van der Waals surface area contributed by atoms with Gasteiger partial charge in [-0.2, -0.15) is 13.2 Å². The number of aromatic nitrogens is 2. The number of aliphatic hydroxyl groups is 1. The number of alkyl halides is 3. The summed E-state index contributed by atoms with van der Waals surface area (Å²) in [6, 6.07) is 7.02. The minimum atomic E-state index is -4.91. The molecule has 162 valence electrons. The Balaban J connectivity index is 1.99. The third-order valence-electron chi connectivity index (χ3n) is 5.33. The van der Waals surface area contributed by atoms with Crippen molar-refractivity contribution in [2.24, 2.45) is 0 Å². The molecule has 0 aliphatic carbocycles. The highest BCUT2D eigenvalue weighted by molar-refractivity contribution is 5.79. The van der Waals surface area contributed by atoms with Gasteiger partial charge < -0.3 is 14.8 Å². The Kier molecular flexibility index (Phi) is 5.58. The highest BCUT2D eigenvalue weighted by Crippen LogP contribution is 2.45. The molecule has 2 heterocycles. The molecule has 0 amide bonds. The van der Waals surface area contributed by atoms with Crippen LogP contribution in [0.2, 0.25) is 0 Å². The van der Waals surface area contributed by atoms with Gasteiger partial charge in [-0.3, -0.25) is 4.98 Å². The number of benzene rings is 1. The lowest BCUT2D eigenvalue weighted by atomic mass is 9.73. The summed E-state index contributed by atoms with van der Waals surface area (Å²) in [5.41, 5.74) is -2.47. The smallest absolute Gasteiger partial charge is 0.417 e. The van der Waals surface area contributed by atoms with Crippen molar-refractivity contribution in [3.05, 3.63) is 59.3 Å². The molecular weight excluding hydrogens is 400 g/mol. The van der Waals surface area contributed by atoms with Gasteiger partial charge in [0.15, 0.2) is 5.60 Å². The quantitative estimate of drug-likeness (QED) is 0.533. The molecule has 8 heteroatoms. The van der Waals surface area contributed by atoms with Crippen molar-refractivity contribution >= 4 is 10.9 Å². The molecule has 1 aromatic carbocycles. The molecule has 2 N–H and O–H groups in total. The molecule has 0 fully saturated rings. The zero-order valence-electron chi connectivity index (χ0n) is 17.2. The molecular formula is C22H24F4N2O2. The SMILES string of the molecule is COc1ccc(F)cc1C(C)(C)CC(O)(Cc1cc2cc(C)ncc2[nH]1)C(F)(F)F. The average molecular weight is 424 g/mol. The Hall–Kier alpha value is -2.61. The number of nitrogens with one attached hydrogen (secondary N) is 1. The molecule has 4 nitrogen and oxygen atoms in total. The third-order valence-corrected chi connectivity index (χ3v) is 5.33. The molecule has 2 aromatic heterocycles. The summed E-state index contributed by atoms with van der Waals surface area (Å²) in [6.07, 6.45) is -4.72. The topological polar surface area (TPSA) is 58.1 Å². The minimum absolute atomic E-state index is 0.235. The number of hydrogen-bond donors (Lipinski definition) is 2. The van der Waals surface area contributed by atoms with Crippen LogP contribution in [0.25, 0.3) is 10.9 Å². The van der Waals surface area contributed by atoms with E-state index >= 15 is 0 Å². The predicted octanol–water partition coefficient (Wildman–Crippen LogP) is 5.22. The van der Waals surface area contributed by atoms with E-state index in [-0.39, 0.29) is 17.0 Å². The number of hydrogen-bond acceptors (Lipinski definition) is 3. The number of rotatable bonds is 6. The molecule has 30 heavy (non-hydrogen) atoms. The summed E-state index contributed by atoms with van der Waals surface area (Å²) in [5, 5.41) is 11.5. The first-order valence-corrected chi connectivity index (χ1v) is 9.42. The molecule has 0 saturated carbocycles. The van der Waals surface area contributed by atoms with Gasteiger partial charge >= 0.3 is 6.18 Å². The van der Waals surface area contributed by atoms with Gasteiger partial charge in [-0.1, -0.05) is 13.8 Å².